The number of methoxy groups -OCH3 is 1. The molecule has 0 aromatic heterocycles. The van der Waals surface area contributed by atoms with Crippen LogP contribution in [0.2, 0.25) is 0 Å². The monoisotopic (exact) mass is 677 g/mol. The highest BCUT2D eigenvalue weighted by Crippen LogP contribution is 2.66. The van der Waals surface area contributed by atoms with Crippen molar-refractivity contribution in [2.24, 2.45) is 29.6 Å². The van der Waals surface area contributed by atoms with Crippen LogP contribution in [-0.4, -0.2) is 57.1 Å². The molecule has 3 aromatic carbocycles. The summed E-state index contributed by atoms with van der Waals surface area (Å²) in [6.07, 6.45) is 4.82. The predicted octanol–water partition coefficient (Wildman–Crippen LogP) is 5.42. The van der Waals surface area contributed by atoms with Gasteiger partial charge in [0.2, 0.25) is 0 Å². The fraction of sp³-hybridized carbons (Fsp3) is 0.500. The SMILES string of the molecule is COc1cc([C@@H]2CC(=O)C[C@H](O)[C@H]3[C@H](C#C[C@H]2Cc2ccccc2)CN[C@@H]2CC[C@@H]4CC[C@@H]5C[C@@H]4[C@]32c2cc(O)c(O)cc25)c(CO)cc1O. The number of nitrogens with one attached hydrogen (secondary N) is 1. The molecule has 3 aromatic rings. The van der Waals surface area contributed by atoms with Gasteiger partial charge in [-0.1, -0.05) is 42.2 Å². The van der Waals surface area contributed by atoms with Crippen LogP contribution in [0.25, 0.3) is 0 Å². The predicted molar refractivity (Wildman–Crippen MR) is 188 cm³/mol. The number of rotatable bonds is 5. The molecule has 8 nitrogen and oxygen atoms in total. The molecule has 8 rings (SSSR count). The van der Waals surface area contributed by atoms with E-state index >= 15 is 0 Å². The Morgan fingerprint density at radius 1 is 0.920 bits per heavy atom. The van der Waals surface area contributed by atoms with Gasteiger partial charge in [0.25, 0.3) is 0 Å². The van der Waals surface area contributed by atoms with E-state index in [0.717, 1.165) is 48.8 Å². The Hall–Kier alpha value is -4.03. The Morgan fingerprint density at radius 3 is 2.48 bits per heavy atom. The van der Waals surface area contributed by atoms with Crippen molar-refractivity contribution in [1.29, 1.82) is 0 Å². The Kier molecular flexibility index (Phi) is 8.57. The number of aromatic hydroxyl groups is 3. The normalized spacial score (nSPS) is 34.3. The standard InChI is InChI=1S/C42H47NO7/c1-50-39-19-31(28(22-44)15-37(39)48)30-16-29(45)17-38(49)41-27(10-9-25(30)13-23-5-3-2-4-6-23)21-43-40-12-11-24-7-8-26-14-33(24)42(40,41)34-20-36(47)35(46)18-32(26)34/h2-6,15,18-20,24-27,30,33,38,40-41,43-44,46-49H,7-8,11-14,16-17,21-22H2,1H3/t24-,25-,26+,27+,30+,33-,38-,40+,41+,42+/m0/s1. The molecule has 1 spiro atoms. The summed E-state index contributed by atoms with van der Waals surface area (Å²) in [7, 11) is 1.48. The highest BCUT2D eigenvalue weighted by Gasteiger charge is 2.65. The zero-order valence-corrected chi connectivity index (χ0v) is 28.5. The highest BCUT2D eigenvalue weighted by atomic mass is 16.5. The number of ether oxygens (including phenoxy) is 1. The van der Waals surface area contributed by atoms with Crippen LogP contribution in [0, 0.1) is 41.4 Å². The van der Waals surface area contributed by atoms with Crippen molar-refractivity contribution in [1.82, 2.24) is 5.32 Å². The van der Waals surface area contributed by atoms with Gasteiger partial charge in [0, 0.05) is 54.5 Å². The van der Waals surface area contributed by atoms with E-state index in [1.165, 1.54) is 13.2 Å². The van der Waals surface area contributed by atoms with Gasteiger partial charge >= 0.3 is 0 Å². The fourth-order valence-corrected chi connectivity index (χ4v) is 11.2. The molecule has 4 aliphatic carbocycles. The van der Waals surface area contributed by atoms with E-state index in [-0.39, 0.29) is 83.9 Å². The molecule has 5 aliphatic rings. The number of Topliss-reactive ketones (excluding diaryl/α,β-unsaturated/α-hetero) is 1. The zero-order valence-electron chi connectivity index (χ0n) is 28.5. The maximum atomic E-state index is 14.3. The molecule has 10 atom stereocenters. The van der Waals surface area contributed by atoms with E-state index in [0.29, 0.717) is 30.0 Å². The number of phenolic OH excluding ortho intramolecular Hbond substituents is 3. The number of ketones is 1. The Bertz CT molecular complexity index is 1850. The average molecular weight is 678 g/mol. The van der Waals surface area contributed by atoms with Gasteiger partial charge in [0.05, 0.1) is 19.8 Å². The summed E-state index contributed by atoms with van der Waals surface area (Å²) < 4.78 is 5.48. The second-order valence-electron chi connectivity index (χ2n) is 15.5. The van der Waals surface area contributed by atoms with Gasteiger partial charge in [-0.25, -0.2) is 0 Å². The number of carbonyl (C=O) groups excluding carboxylic acids is 1. The summed E-state index contributed by atoms with van der Waals surface area (Å²) in [4.78, 5) is 14.3. The van der Waals surface area contributed by atoms with Gasteiger partial charge in [-0.05, 0) is 108 Å². The minimum absolute atomic E-state index is 0.0320. The van der Waals surface area contributed by atoms with Crippen LogP contribution in [0.15, 0.2) is 54.6 Å². The van der Waals surface area contributed by atoms with E-state index in [2.05, 4.69) is 29.3 Å². The molecule has 262 valence electrons. The lowest BCUT2D eigenvalue weighted by Crippen LogP contribution is -2.71. The van der Waals surface area contributed by atoms with Crippen molar-refractivity contribution >= 4 is 5.78 Å². The molecule has 3 fully saturated rings. The van der Waals surface area contributed by atoms with Gasteiger partial charge < -0.3 is 35.6 Å². The van der Waals surface area contributed by atoms with Crippen molar-refractivity contribution in [2.75, 3.05) is 13.7 Å². The van der Waals surface area contributed by atoms with Crippen LogP contribution < -0.4 is 10.1 Å². The number of aliphatic hydroxyl groups excluding tert-OH is 2. The molecule has 50 heavy (non-hydrogen) atoms. The first-order valence-electron chi connectivity index (χ1n) is 18.3. The number of phenols is 3. The lowest BCUT2D eigenvalue weighted by atomic mass is 9.40. The molecule has 6 N–H and O–H groups in total. The lowest BCUT2D eigenvalue weighted by Gasteiger charge is -2.66. The maximum Gasteiger partial charge on any atom is 0.160 e. The van der Waals surface area contributed by atoms with Crippen LogP contribution in [0.5, 0.6) is 23.0 Å². The van der Waals surface area contributed by atoms with Crippen molar-refractivity contribution in [3.63, 3.8) is 0 Å². The number of fused-ring (bicyclic) bond motifs is 4. The Labute approximate surface area is 293 Å². The number of carbonyl (C=O) groups is 1. The Balaban J connectivity index is 1.30. The fourth-order valence-electron chi connectivity index (χ4n) is 11.2. The van der Waals surface area contributed by atoms with Gasteiger partial charge in [-0.3, -0.25) is 4.79 Å². The molecule has 0 unspecified atom stereocenters. The average Bonchev–Trinajstić information content (AvgIpc) is 3.12. The number of aliphatic hydroxyl groups is 2. The first-order chi connectivity index (χ1) is 24.2. The zero-order chi connectivity index (χ0) is 34.7. The van der Waals surface area contributed by atoms with Crippen molar-refractivity contribution < 1.29 is 35.1 Å². The summed E-state index contributed by atoms with van der Waals surface area (Å²) >= 11 is 0. The van der Waals surface area contributed by atoms with Crippen LogP contribution in [0.1, 0.15) is 84.6 Å². The quantitative estimate of drug-likeness (QED) is 0.156. The van der Waals surface area contributed by atoms with Gasteiger partial charge in [0.15, 0.2) is 23.0 Å². The third-order valence-electron chi connectivity index (χ3n) is 13.2. The van der Waals surface area contributed by atoms with Crippen LogP contribution in [0.4, 0.5) is 0 Å². The molecule has 2 saturated carbocycles. The molecule has 2 bridgehead atoms. The topological polar surface area (TPSA) is 139 Å². The van der Waals surface area contributed by atoms with Gasteiger partial charge in [-0.15, -0.1) is 0 Å². The molecule has 1 aliphatic heterocycles. The van der Waals surface area contributed by atoms with Crippen molar-refractivity contribution in [3.05, 3.63) is 82.4 Å². The van der Waals surface area contributed by atoms with E-state index in [1.54, 1.807) is 18.2 Å². The Morgan fingerprint density at radius 2 is 1.70 bits per heavy atom. The molecule has 1 heterocycles. The minimum Gasteiger partial charge on any atom is -0.504 e. The van der Waals surface area contributed by atoms with E-state index in [1.807, 2.05) is 18.2 Å². The van der Waals surface area contributed by atoms with E-state index in [4.69, 9.17) is 4.74 Å². The molecular weight excluding hydrogens is 630 g/mol. The first-order valence-corrected chi connectivity index (χ1v) is 18.3. The van der Waals surface area contributed by atoms with Crippen LogP contribution in [-0.2, 0) is 23.2 Å². The summed E-state index contributed by atoms with van der Waals surface area (Å²) in [6.45, 7) is 0.253. The molecule has 8 heteroatoms. The summed E-state index contributed by atoms with van der Waals surface area (Å²) in [5.74, 6) is 6.87. The van der Waals surface area contributed by atoms with E-state index in [9.17, 15) is 30.3 Å². The molecule has 0 radical (unpaired) electrons. The van der Waals surface area contributed by atoms with Crippen LogP contribution in [0.3, 0.4) is 0 Å². The summed E-state index contributed by atoms with van der Waals surface area (Å²) in [6, 6.07) is 16.9. The number of benzene rings is 3. The second kappa shape index (κ2) is 12.9. The van der Waals surface area contributed by atoms with Gasteiger partial charge in [0.1, 0.15) is 5.78 Å². The van der Waals surface area contributed by atoms with Gasteiger partial charge in [-0.2, -0.15) is 0 Å². The number of hydrogen-bond acceptors (Lipinski definition) is 8. The molecule has 1 saturated heterocycles. The highest BCUT2D eigenvalue weighted by molar-refractivity contribution is 5.80. The summed E-state index contributed by atoms with van der Waals surface area (Å²) in [5, 5.41) is 59.0. The van der Waals surface area contributed by atoms with Crippen LogP contribution >= 0.6 is 0 Å². The smallest absolute Gasteiger partial charge is 0.160 e. The number of hydrogen-bond donors (Lipinski definition) is 6. The third kappa shape index (κ3) is 5.28. The van der Waals surface area contributed by atoms with Crippen molar-refractivity contribution in [2.45, 2.75) is 87.4 Å². The maximum absolute atomic E-state index is 14.3. The van der Waals surface area contributed by atoms with E-state index < -0.39 is 17.4 Å². The largest absolute Gasteiger partial charge is 0.504 e. The molecular formula is C42H47NO7. The first kappa shape index (κ1) is 33.1. The van der Waals surface area contributed by atoms with Crippen molar-refractivity contribution in [3.8, 4) is 34.8 Å². The summed E-state index contributed by atoms with van der Waals surface area (Å²) in [5.41, 5.74) is 3.82. The lowest BCUT2D eigenvalue weighted by molar-refractivity contribution is -0.128. The number of piperidine rings is 1. The third-order valence-corrected chi connectivity index (χ3v) is 13.2. The minimum atomic E-state index is -0.967. The molecule has 0 amide bonds. The second-order valence-corrected chi connectivity index (χ2v) is 15.5.